The number of aromatic nitrogens is 3. The Morgan fingerprint density at radius 3 is 2.84 bits per heavy atom. The van der Waals surface area contributed by atoms with Crippen molar-refractivity contribution >= 4 is 44.7 Å². The maximum Gasteiger partial charge on any atom is 0.240 e. The summed E-state index contributed by atoms with van der Waals surface area (Å²) in [4.78, 5) is 14.8. The second kappa shape index (κ2) is 11.3. The molecule has 11 heteroatoms. The minimum absolute atomic E-state index is 0.00755. The van der Waals surface area contributed by atoms with Gasteiger partial charge in [0.15, 0.2) is 0 Å². The van der Waals surface area contributed by atoms with Crippen LogP contribution in [0, 0.1) is 6.92 Å². The van der Waals surface area contributed by atoms with E-state index in [0.717, 1.165) is 64.4 Å². The molecule has 0 radical (unpaired) electrons. The number of ether oxygens (including phenoxy) is 2. The summed E-state index contributed by atoms with van der Waals surface area (Å²) >= 11 is 1.54. The number of piperidine rings is 1. The number of fused-ring (bicyclic) bond motifs is 1. The molecule has 3 N–H and O–H groups in total. The van der Waals surface area contributed by atoms with Gasteiger partial charge in [0.25, 0.3) is 0 Å². The minimum Gasteiger partial charge on any atom is -0.437 e. The molecule has 4 heterocycles. The predicted octanol–water partition coefficient (Wildman–Crippen LogP) is 4.88. The summed E-state index contributed by atoms with van der Waals surface area (Å²) in [6.07, 6.45) is 4.79. The largest absolute Gasteiger partial charge is 0.437 e. The number of hydrogen-bond donors (Lipinski definition) is 3. The van der Waals surface area contributed by atoms with Crippen LogP contribution in [0.2, 0.25) is 0 Å². The van der Waals surface area contributed by atoms with E-state index in [4.69, 9.17) is 14.5 Å². The first-order valence-corrected chi connectivity index (χ1v) is 14.9. The van der Waals surface area contributed by atoms with Gasteiger partial charge in [0.2, 0.25) is 11.8 Å². The Morgan fingerprint density at radius 1 is 1.13 bits per heavy atom. The third-order valence-corrected chi connectivity index (χ3v) is 9.09. The molecule has 198 valence electrons. The van der Waals surface area contributed by atoms with Crippen molar-refractivity contribution in [3.8, 4) is 22.2 Å². The molecule has 9 nitrogen and oxygen atoms in total. The summed E-state index contributed by atoms with van der Waals surface area (Å²) in [6, 6.07) is 13.9. The predicted molar refractivity (Wildman–Crippen MR) is 152 cm³/mol. The highest BCUT2D eigenvalue weighted by molar-refractivity contribution is 7.87. The zero-order valence-corrected chi connectivity index (χ0v) is 22.7. The molecule has 2 aromatic heterocycles. The number of nitrogens with zero attached hydrogens (tertiary/aromatic N) is 3. The van der Waals surface area contributed by atoms with Crippen molar-refractivity contribution < 1.29 is 13.7 Å². The third-order valence-electron chi connectivity index (χ3n) is 6.71. The van der Waals surface area contributed by atoms with Gasteiger partial charge in [-0.3, -0.25) is 0 Å². The van der Waals surface area contributed by atoms with Crippen LogP contribution in [0.3, 0.4) is 0 Å². The van der Waals surface area contributed by atoms with Crippen LogP contribution in [0.5, 0.6) is 11.6 Å². The molecule has 38 heavy (non-hydrogen) atoms. The molecule has 0 aliphatic carbocycles. The first kappa shape index (κ1) is 25.2. The average Bonchev–Trinajstić information content (AvgIpc) is 3.61. The normalized spacial score (nSPS) is 20.3. The molecule has 0 spiro atoms. The van der Waals surface area contributed by atoms with Gasteiger partial charge in [-0.05, 0) is 50.9 Å². The van der Waals surface area contributed by atoms with Gasteiger partial charge in [-0.25, -0.2) is 19.2 Å². The van der Waals surface area contributed by atoms with E-state index in [-0.39, 0.29) is 5.25 Å². The lowest BCUT2D eigenvalue weighted by Crippen LogP contribution is -2.38. The Morgan fingerprint density at radius 2 is 2.03 bits per heavy atom. The first-order chi connectivity index (χ1) is 18.6. The Balaban J connectivity index is 1.27. The molecule has 2 aromatic carbocycles. The van der Waals surface area contributed by atoms with Crippen LogP contribution >= 0.6 is 11.3 Å². The fourth-order valence-corrected chi connectivity index (χ4v) is 6.69. The Bertz CT molecular complexity index is 1450. The number of nitrogens with one attached hydrogen (secondary N) is 3. The second-order valence-electron chi connectivity index (χ2n) is 9.46. The van der Waals surface area contributed by atoms with Crippen LogP contribution in [-0.4, -0.2) is 56.8 Å². The molecular weight excluding hydrogens is 520 g/mol. The van der Waals surface area contributed by atoms with Crippen LogP contribution in [0.1, 0.15) is 24.3 Å². The van der Waals surface area contributed by atoms with E-state index >= 15 is 0 Å². The fraction of sp³-hybridized carbons (Fsp3) is 0.370. The second-order valence-corrected chi connectivity index (χ2v) is 12.1. The molecule has 2 aliphatic heterocycles. The number of benzene rings is 2. The lowest BCUT2D eigenvalue weighted by atomic mass is 10.1. The lowest BCUT2D eigenvalue weighted by Gasteiger charge is -2.23. The van der Waals surface area contributed by atoms with Crippen LogP contribution in [0.4, 0.5) is 11.6 Å². The van der Waals surface area contributed by atoms with Crippen molar-refractivity contribution in [1.29, 1.82) is 0 Å². The minimum atomic E-state index is -1.23. The zero-order valence-electron chi connectivity index (χ0n) is 21.1. The van der Waals surface area contributed by atoms with Gasteiger partial charge < -0.3 is 24.8 Å². The number of hydrogen-bond acceptors (Lipinski definition) is 9. The molecule has 6 rings (SSSR count). The zero-order chi connectivity index (χ0) is 25.9. The summed E-state index contributed by atoms with van der Waals surface area (Å²) in [5.74, 6) is 1.79. The highest BCUT2D eigenvalue weighted by atomic mass is 32.2. The first-order valence-electron chi connectivity index (χ1n) is 12.9. The quantitative estimate of drug-likeness (QED) is 0.285. The summed E-state index contributed by atoms with van der Waals surface area (Å²) in [7, 11) is -1.23. The van der Waals surface area contributed by atoms with Gasteiger partial charge in [-0.1, -0.05) is 24.3 Å². The number of rotatable bonds is 8. The van der Waals surface area contributed by atoms with E-state index < -0.39 is 11.0 Å². The maximum atomic E-state index is 12.9. The summed E-state index contributed by atoms with van der Waals surface area (Å²) in [5.41, 5.74) is 1.57. The Labute approximate surface area is 228 Å². The molecule has 0 saturated carbocycles. The maximum absolute atomic E-state index is 12.9. The van der Waals surface area contributed by atoms with Crippen LogP contribution in [0.25, 0.3) is 21.3 Å². The van der Waals surface area contributed by atoms with E-state index in [1.165, 1.54) is 0 Å². The third kappa shape index (κ3) is 5.51. The molecule has 0 amide bonds. The van der Waals surface area contributed by atoms with E-state index in [9.17, 15) is 4.21 Å². The van der Waals surface area contributed by atoms with Crippen molar-refractivity contribution in [3.05, 3.63) is 53.7 Å². The van der Waals surface area contributed by atoms with Gasteiger partial charge in [0.05, 0.1) is 28.2 Å². The SMILES string of the molecule is Cc1nc(Oc2ccc(NS(=O)C3CCOC3)c3ccccc23)c(-c2ccnc(NC3CCCNC3)n2)s1. The smallest absolute Gasteiger partial charge is 0.240 e. The van der Waals surface area contributed by atoms with Gasteiger partial charge in [-0.2, -0.15) is 0 Å². The van der Waals surface area contributed by atoms with Crippen molar-refractivity contribution in [1.82, 2.24) is 20.3 Å². The van der Waals surface area contributed by atoms with Crippen molar-refractivity contribution in [2.75, 3.05) is 36.3 Å². The summed E-state index contributed by atoms with van der Waals surface area (Å²) < 4.78 is 27.9. The van der Waals surface area contributed by atoms with E-state index in [0.29, 0.717) is 36.8 Å². The van der Waals surface area contributed by atoms with Crippen molar-refractivity contribution in [2.45, 2.75) is 37.5 Å². The average molecular weight is 551 g/mol. The summed E-state index contributed by atoms with van der Waals surface area (Å²) in [5, 5.41) is 9.58. The number of anilines is 2. The molecule has 4 aromatic rings. The fourth-order valence-electron chi connectivity index (χ4n) is 4.78. The van der Waals surface area contributed by atoms with Crippen molar-refractivity contribution in [2.24, 2.45) is 0 Å². The van der Waals surface area contributed by atoms with Crippen molar-refractivity contribution in [3.63, 3.8) is 0 Å². The molecule has 3 unspecified atom stereocenters. The number of thiazole rings is 1. The van der Waals surface area contributed by atoms with E-state index in [1.54, 1.807) is 17.5 Å². The molecule has 3 atom stereocenters. The van der Waals surface area contributed by atoms with Gasteiger partial charge in [0, 0.05) is 36.2 Å². The molecule has 0 bridgehead atoms. The van der Waals surface area contributed by atoms with Crippen LogP contribution < -0.4 is 20.1 Å². The Kier molecular flexibility index (Phi) is 7.50. The van der Waals surface area contributed by atoms with Crippen LogP contribution in [0.15, 0.2) is 48.7 Å². The van der Waals surface area contributed by atoms with Crippen LogP contribution in [-0.2, 0) is 15.7 Å². The summed E-state index contributed by atoms with van der Waals surface area (Å²) in [6.45, 7) is 5.09. The molecule has 2 saturated heterocycles. The number of aryl methyl sites for hydroxylation is 1. The molecule has 2 fully saturated rings. The van der Waals surface area contributed by atoms with E-state index in [2.05, 4.69) is 25.3 Å². The topological polar surface area (TPSA) is 110 Å². The molecule has 2 aliphatic rings. The van der Waals surface area contributed by atoms with Gasteiger partial charge in [-0.15, -0.1) is 11.3 Å². The van der Waals surface area contributed by atoms with Gasteiger partial charge >= 0.3 is 0 Å². The van der Waals surface area contributed by atoms with Gasteiger partial charge in [0.1, 0.15) is 21.6 Å². The highest BCUT2D eigenvalue weighted by Gasteiger charge is 2.23. The lowest BCUT2D eigenvalue weighted by molar-refractivity contribution is 0.199. The Hall–Kier alpha value is -3.12. The highest BCUT2D eigenvalue weighted by Crippen LogP contribution is 2.40. The van der Waals surface area contributed by atoms with E-state index in [1.807, 2.05) is 49.4 Å². The monoisotopic (exact) mass is 550 g/mol. The molecular formula is C27H30N6O3S2. The standard InChI is InChI=1S/C27H30N6O3S2/c1-17-30-26(25(37-17)23-10-13-29-27(32-23)31-18-5-4-12-28-15-18)36-24-9-8-22(20-6-2-3-7-21(20)24)33-38(34)19-11-14-35-16-19/h2-3,6-10,13,18-19,28,33H,4-5,11-12,14-16H2,1H3,(H,29,31,32).